The first-order valence-corrected chi connectivity index (χ1v) is 7.16. The molecule has 0 heterocycles. The Morgan fingerprint density at radius 2 is 1.90 bits per heavy atom. The molecule has 0 fully saturated rings. The van der Waals surface area contributed by atoms with Gasteiger partial charge in [0.25, 0.3) is 0 Å². The average molecular weight is 279 g/mol. The molecule has 1 rings (SSSR count). The number of hydrogen-bond donors (Lipinski definition) is 1. The van der Waals surface area contributed by atoms with Crippen LogP contribution >= 0.6 is 0 Å². The van der Waals surface area contributed by atoms with Crippen molar-refractivity contribution in [2.24, 2.45) is 0 Å². The zero-order chi connectivity index (χ0) is 15.1. The third-order valence-corrected chi connectivity index (χ3v) is 3.36. The standard InChI is InChI=1S/C16H29N3O/c1-13-7-8-15(19(5)10-9-18(3)4)11-16(13)17-14(2)12-20-6/h7-8,11,14,17H,9-10,12H2,1-6H3. The quantitative estimate of drug-likeness (QED) is 0.791. The molecule has 0 saturated carbocycles. The number of hydrogen-bond acceptors (Lipinski definition) is 4. The summed E-state index contributed by atoms with van der Waals surface area (Å²) in [5.41, 5.74) is 3.69. The zero-order valence-electron chi connectivity index (χ0n) is 13.7. The van der Waals surface area contributed by atoms with Crippen molar-refractivity contribution >= 4 is 11.4 Å². The first-order valence-electron chi connectivity index (χ1n) is 7.16. The number of benzene rings is 1. The van der Waals surface area contributed by atoms with Crippen LogP contribution in [0.5, 0.6) is 0 Å². The van der Waals surface area contributed by atoms with Crippen molar-refractivity contribution < 1.29 is 4.74 Å². The van der Waals surface area contributed by atoms with Crippen molar-refractivity contribution in [2.75, 3.05) is 58.2 Å². The molecule has 0 spiro atoms. The smallest absolute Gasteiger partial charge is 0.0661 e. The summed E-state index contributed by atoms with van der Waals surface area (Å²) in [7, 11) is 8.07. The van der Waals surface area contributed by atoms with Gasteiger partial charge in [-0.1, -0.05) is 6.07 Å². The summed E-state index contributed by atoms with van der Waals surface area (Å²) in [6.45, 7) is 7.04. The lowest BCUT2D eigenvalue weighted by molar-refractivity contribution is 0.190. The van der Waals surface area contributed by atoms with Crippen LogP contribution in [0.15, 0.2) is 18.2 Å². The Morgan fingerprint density at radius 1 is 1.20 bits per heavy atom. The SMILES string of the molecule is COCC(C)Nc1cc(N(C)CCN(C)C)ccc1C. The van der Waals surface area contributed by atoms with E-state index in [0.717, 1.165) is 13.1 Å². The van der Waals surface area contributed by atoms with Crippen LogP contribution < -0.4 is 10.2 Å². The predicted molar refractivity (Wildman–Crippen MR) is 88.0 cm³/mol. The second-order valence-electron chi connectivity index (χ2n) is 5.72. The Kier molecular flexibility index (Phi) is 6.82. The molecule has 1 aromatic rings. The van der Waals surface area contributed by atoms with Crippen LogP contribution in [0.2, 0.25) is 0 Å². The summed E-state index contributed by atoms with van der Waals surface area (Å²) in [6.07, 6.45) is 0. The van der Waals surface area contributed by atoms with Crippen LogP contribution in [0.1, 0.15) is 12.5 Å². The Labute approximate surface area is 123 Å². The minimum atomic E-state index is 0.307. The van der Waals surface area contributed by atoms with E-state index in [1.54, 1.807) is 7.11 Å². The molecule has 1 atom stereocenters. The monoisotopic (exact) mass is 279 g/mol. The van der Waals surface area contributed by atoms with Gasteiger partial charge in [-0.2, -0.15) is 0 Å². The Hall–Kier alpha value is -1.26. The van der Waals surface area contributed by atoms with Crippen molar-refractivity contribution in [1.82, 2.24) is 4.90 Å². The van der Waals surface area contributed by atoms with Gasteiger partial charge in [0.05, 0.1) is 6.61 Å². The second-order valence-corrected chi connectivity index (χ2v) is 5.72. The molecule has 0 bridgehead atoms. The molecule has 1 aromatic carbocycles. The summed E-state index contributed by atoms with van der Waals surface area (Å²) in [5.74, 6) is 0. The van der Waals surface area contributed by atoms with E-state index >= 15 is 0 Å². The summed E-state index contributed by atoms with van der Waals surface area (Å²) < 4.78 is 5.18. The number of aryl methyl sites for hydroxylation is 1. The number of methoxy groups -OCH3 is 1. The zero-order valence-corrected chi connectivity index (χ0v) is 13.7. The van der Waals surface area contributed by atoms with E-state index in [4.69, 9.17) is 4.74 Å². The lowest BCUT2D eigenvalue weighted by Gasteiger charge is -2.24. The van der Waals surface area contributed by atoms with Crippen LogP contribution in [-0.4, -0.2) is 58.9 Å². The molecule has 0 aliphatic carbocycles. The highest BCUT2D eigenvalue weighted by Gasteiger charge is 2.07. The van der Waals surface area contributed by atoms with Gasteiger partial charge < -0.3 is 19.9 Å². The molecule has 0 aliphatic rings. The first-order chi connectivity index (χ1) is 9.43. The molecular formula is C16H29N3O. The van der Waals surface area contributed by atoms with E-state index in [1.165, 1.54) is 16.9 Å². The van der Waals surface area contributed by atoms with Crippen molar-refractivity contribution in [3.8, 4) is 0 Å². The maximum Gasteiger partial charge on any atom is 0.0661 e. The molecule has 114 valence electrons. The fourth-order valence-electron chi connectivity index (χ4n) is 2.04. The molecule has 4 nitrogen and oxygen atoms in total. The van der Waals surface area contributed by atoms with Crippen LogP contribution in [0.4, 0.5) is 11.4 Å². The maximum atomic E-state index is 5.18. The van der Waals surface area contributed by atoms with Crippen molar-refractivity contribution in [3.63, 3.8) is 0 Å². The number of likely N-dealkylation sites (N-methyl/N-ethyl adjacent to an activating group) is 2. The highest BCUT2D eigenvalue weighted by Crippen LogP contribution is 2.23. The van der Waals surface area contributed by atoms with Gasteiger partial charge in [0.1, 0.15) is 0 Å². The van der Waals surface area contributed by atoms with Gasteiger partial charge in [0, 0.05) is 44.7 Å². The van der Waals surface area contributed by atoms with Crippen LogP contribution in [0, 0.1) is 6.92 Å². The third-order valence-electron chi connectivity index (χ3n) is 3.36. The van der Waals surface area contributed by atoms with E-state index in [2.05, 4.69) is 68.3 Å². The minimum Gasteiger partial charge on any atom is -0.383 e. The van der Waals surface area contributed by atoms with E-state index in [9.17, 15) is 0 Å². The second kappa shape index (κ2) is 8.12. The van der Waals surface area contributed by atoms with Gasteiger partial charge in [-0.25, -0.2) is 0 Å². The average Bonchev–Trinajstić information content (AvgIpc) is 2.38. The summed E-state index contributed by atoms with van der Waals surface area (Å²) in [4.78, 5) is 4.48. The Bertz CT molecular complexity index is 407. The van der Waals surface area contributed by atoms with E-state index in [1.807, 2.05) is 0 Å². The summed E-state index contributed by atoms with van der Waals surface area (Å²) >= 11 is 0. The molecule has 1 unspecified atom stereocenters. The first kappa shape index (κ1) is 16.8. The van der Waals surface area contributed by atoms with Crippen molar-refractivity contribution in [2.45, 2.75) is 19.9 Å². The normalized spacial score (nSPS) is 12.6. The summed E-state index contributed by atoms with van der Waals surface area (Å²) in [5, 5.41) is 3.51. The maximum absolute atomic E-state index is 5.18. The Balaban J connectivity index is 2.74. The number of anilines is 2. The molecule has 0 aromatic heterocycles. The number of nitrogens with zero attached hydrogens (tertiary/aromatic N) is 2. The van der Waals surface area contributed by atoms with Gasteiger partial charge in [0.2, 0.25) is 0 Å². The van der Waals surface area contributed by atoms with E-state index < -0.39 is 0 Å². The van der Waals surface area contributed by atoms with E-state index in [0.29, 0.717) is 12.6 Å². The van der Waals surface area contributed by atoms with Crippen LogP contribution in [0.25, 0.3) is 0 Å². The Morgan fingerprint density at radius 3 is 2.50 bits per heavy atom. The van der Waals surface area contributed by atoms with Gasteiger partial charge >= 0.3 is 0 Å². The predicted octanol–water partition coefficient (Wildman–Crippen LogP) is 2.44. The molecule has 20 heavy (non-hydrogen) atoms. The molecule has 0 amide bonds. The fraction of sp³-hybridized carbons (Fsp3) is 0.625. The number of nitrogens with one attached hydrogen (secondary N) is 1. The topological polar surface area (TPSA) is 27.7 Å². The van der Waals surface area contributed by atoms with E-state index in [-0.39, 0.29) is 0 Å². The lowest BCUT2D eigenvalue weighted by atomic mass is 10.1. The fourth-order valence-corrected chi connectivity index (χ4v) is 2.04. The lowest BCUT2D eigenvalue weighted by Crippen LogP contribution is -2.28. The summed E-state index contributed by atoms with van der Waals surface area (Å²) in [6, 6.07) is 6.87. The molecule has 0 saturated heterocycles. The van der Waals surface area contributed by atoms with Crippen molar-refractivity contribution in [1.29, 1.82) is 0 Å². The highest BCUT2D eigenvalue weighted by molar-refractivity contribution is 5.62. The van der Waals surface area contributed by atoms with Crippen molar-refractivity contribution in [3.05, 3.63) is 23.8 Å². The minimum absolute atomic E-state index is 0.307. The molecule has 0 aliphatic heterocycles. The van der Waals surface area contributed by atoms with Gasteiger partial charge in [-0.05, 0) is 45.6 Å². The number of ether oxygens (including phenoxy) is 1. The van der Waals surface area contributed by atoms with Crippen LogP contribution in [-0.2, 0) is 4.74 Å². The molecule has 1 N–H and O–H groups in total. The molecular weight excluding hydrogens is 250 g/mol. The van der Waals surface area contributed by atoms with Crippen LogP contribution in [0.3, 0.4) is 0 Å². The van der Waals surface area contributed by atoms with Gasteiger partial charge in [-0.3, -0.25) is 0 Å². The highest BCUT2D eigenvalue weighted by atomic mass is 16.5. The number of rotatable bonds is 8. The van der Waals surface area contributed by atoms with Gasteiger partial charge in [-0.15, -0.1) is 0 Å². The third kappa shape index (κ3) is 5.39. The van der Waals surface area contributed by atoms with Gasteiger partial charge in [0.15, 0.2) is 0 Å². The largest absolute Gasteiger partial charge is 0.383 e. The molecule has 4 heteroatoms. The molecule has 0 radical (unpaired) electrons.